The van der Waals surface area contributed by atoms with E-state index in [1.807, 2.05) is 18.7 Å². The van der Waals surface area contributed by atoms with Crippen LogP contribution in [-0.4, -0.2) is 84.8 Å². The van der Waals surface area contributed by atoms with Gasteiger partial charge in [0.25, 0.3) is 0 Å². The lowest BCUT2D eigenvalue weighted by molar-refractivity contribution is -0.137. The van der Waals surface area contributed by atoms with Crippen molar-refractivity contribution in [1.82, 2.24) is 15.1 Å². The number of hydrogen-bond acceptors (Lipinski definition) is 5. The number of hydrogen-bond donors (Lipinski definition) is 2. The van der Waals surface area contributed by atoms with Crippen molar-refractivity contribution in [3.8, 4) is 0 Å². The van der Waals surface area contributed by atoms with E-state index in [1.165, 1.54) is 0 Å². The predicted molar refractivity (Wildman–Crippen MR) is 90.4 cm³/mol. The number of amides is 2. The van der Waals surface area contributed by atoms with Crippen molar-refractivity contribution in [2.75, 3.05) is 39.9 Å². The molecule has 0 radical (unpaired) electrons. The van der Waals surface area contributed by atoms with Gasteiger partial charge in [-0.15, -0.1) is 0 Å². The molecule has 138 valence electrons. The van der Waals surface area contributed by atoms with Crippen LogP contribution >= 0.6 is 0 Å². The minimum atomic E-state index is -0.460. The summed E-state index contributed by atoms with van der Waals surface area (Å²) in [6, 6.07) is -0.0363. The number of nitrogens with one attached hydrogen (secondary N) is 1. The van der Waals surface area contributed by atoms with Crippen LogP contribution in [0.4, 0.5) is 0 Å². The van der Waals surface area contributed by atoms with Gasteiger partial charge in [0.15, 0.2) is 0 Å². The summed E-state index contributed by atoms with van der Waals surface area (Å²) in [5.41, 5.74) is 0. The number of likely N-dealkylation sites (tertiary alicyclic amines) is 2. The second-order valence-corrected chi connectivity index (χ2v) is 7.10. The quantitative estimate of drug-likeness (QED) is 0.656. The van der Waals surface area contributed by atoms with E-state index in [9.17, 15) is 14.7 Å². The number of ether oxygens (including phenoxy) is 1. The summed E-state index contributed by atoms with van der Waals surface area (Å²) in [6.45, 7) is 6.80. The lowest BCUT2D eigenvalue weighted by Crippen LogP contribution is -2.52. The van der Waals surface area contributed by atoms with E-state index in [2.05, 4.69) is 10.2 Å². The number of nitrogens with zero attached hydrogens (tertiary/aromatic N) is 2. The van der Waals surface area contributed by atoms with Gasteiger partial charge < -0.3 is 20.1 Å². The number of aliphatic hydroxyl groups excluding tert-OH is 1. The molecule has 2 rings (SSSR count). The summed E-state index contributed by atoms with van der Waals surface area (Å²) in [5.74, 6) is 0.183. The van der Waals surface area contributed by atoms with Gasteiger partial charge in [-0.05, 0) is 19.3 Å². The Balaban J connectivity index is 1.90. The van der Waals surface area contributed by atoms with Gasteiger partial charge in [0.1, 0.15) is 0 Å². The molecule has 2 fully saturated rings. The highest BCUT2D eigenvalue weighted by Crippen LogP contribution is 2.27. The van der Waals surface area contributed by atoms with Gasteiger partial charge in [0, 0.05) is 45.2 Å². The predicted octanol–water partition coefficient (Wildman–Crippen LogP) is -0.169. The highest BCUT2D eigenvalue weighted by atomic mass is 16.5. The maximum Gasteiger partial charge on any atom is 0.237 e. The van der Waals surface area contributed by atoms with E-state index in [4.69, 9.17) is 4.74 Å². The topological polar surface area (TPSA) is 82.1 Å². The maximum absolute atomic E-state index is 12.4. The maximum atomic E-state index is 12.4. The Hall–Kier alpha value is -1.18. The molecule has 0 aromatic carbocycles. The molecule has 2 heterocycles. The molecule has 0 aromatic heterocycles. The van der Waals surface area contributed by atoms with Crippen molar-refractivity contribution in [2.24, 2.45) is 5.92 Å². The number of rotatable bonds is 6. The highest BCUT2D eigenvalue weighted by Gasteiger charge is 2.40. The first kappa shape index (κ1) is 19.1. The van der Waals surface area contributed by atoms with Crippen LogP contribution in [0.15, 0.2) is 0 Å². The van der Waals surface area contributed by atoms with Crippen LogP contribution in [-0.2, 0) is 14.3 Å². The van der Waals surface area contributed by atoms with E-state index in [0.717, 1.165) is 25.9 Å². The average Bonchev–Trinajstić information content (AvgIpc) is 2.96. The molecule has 2 aliphatic heterocycles. The molecule has 2 atom stereocenters. The van der Waals surface area contributed by atoms with Crippen LogP contribution in [0.2, 0.25) is 0 Å². The first-order valence-electron chi connectivity index (χ1n) is 8.93. The van der Waals surface area contributed by atoms with Crippen LogP contribution in [0.1, 0.15) is 33.1 Å². The van der Waals surface area contributed by atoms with E-state index in [1.54, 1.807) is 7.11 Å². The summed E-state index contributed by atoms with van der Waals surface area (Å²) in [6.07, 6.45) is 1.72. The molecule has 7 heteroatoms. The Morgan fingerprint density at radius 3 is 2.54 bits per heavy atom. The molecule has 2 amide bonds. The summed E-state index contributed by atoms with van der Waals surface area (Å²) in [4.78, 5) is 28.5. The van der Waals surface area contributed by atoms with Crippen molar-refractivity contribution >= 4 is 11.8 Å². The van der Waals surface area contributed by atoms with Gasteiger partial charge in [-0.2, -0.15) is 0 Å². The van der Waals surface area contributed by atoms with E-state index < -0.39 is 6.10 Å². The Kier molecular flexibility index (Phi) is 7.01. The number of carbonyl (C=O) groups excluding carboxylic acids is 2. The second kappa shape index (κ2) is 8.78. The number of aliphatic hydroxyl groups is 1. The first-order valence-corrected chi connectivity index (χ1v) is 8.93. The average molecular weight is 341 g/mol. The lowest BCUT2D eigenvalue weighted by Gasteiger charge is -2.39. The summed E-state index contributed by atoms with van der Waals surface area (Å²) in [5, 5.41) is 12.9. The van der Waals surface area contributed by atoms with Gasteiger partial charge in [0.2, 0.25) is 11.8 Å². The fraction of sp³-hybridized carbons (Fsp3) is 0.882. The Morgan fingerprint density at radius 1 is 1.29 bits per heavy atom. The van der Waals surface area contributed by atoms with Gasteiger partial charge in [-0.1, -0.05) is 13.8 Å². The van der Waals surface area contributed by atoms with Crippen molar-refractivity contribution in [1.29, 1.82) is 0 Å². The molecule has 24 heavy (non-hydrogen) atoms. The van der Waals surface area contributed by atoms with Crippen molar-refractivity contribution in [3.05, 3.63) is 0 Å². The monoisotopic (exact) mass is 341 g/mol. The Bertz CT molecular complexity index is 436. The Morgan fingerprint density at radius 2 is 1.96 bits per heavy atom. The lowest BCUT2D eigenvalue weighted by atomic mass is 10.0. The van der Waals surface area contributed by atoms with Crippen LogP contribution in [0.25, 0.3) is 0 Å². The molecule has 7 nitrogen and oxygen atoms in total. The van der Waals surface area contributed by atoms with Crippen molar-refractivity contribution in [3.63, 3.8) is 0 Å². The van der Waals surface area contributed by atoms with Crippen LogP contribution in [0, 0.1) is 5.92 Å². The number of piperidine rings is 1. The zero-order valence-electron chi connectivity index (χ0n) is 15.0. The molecule has 0 aromatic rings. The third kappa shape index (κ3) is 4.68. The zero-order chi connectivity index (χ0) is 17.7. The zero-order valence-corrected chi connectivity index (χ0v) is 15.0. The SMILES string of the molecule is COCCNC(=O)[C@@H]1C[C@@H](O)CN1C1CCN(C(=O)C(C)C)CC1. The first-order chi connectivity index (χ1) is 11.4. The smallest absolute Gasteiger partial charge is 0.237 e. The van der Waals surface area contributed by atoms with Gasteiger partial charge >= 0.3 is 0 Å². The number of β-amino-alcohol motifs (C(OH)–C–C–N with tert-alkyl or cyclic N) is 1. The minimum absolute atomic E-state index is 0.0227. The molecule has 0 saturated carbocycles. The van der Waals surface area contributed by atoms with E-state index >= 15 is 0 Å². The highest BCUT2D eigenvalue weighted by molar-refractivity contribution is 5.82. The van der Waals surface area contributed by atoms with E-state index in [-0.39, 0.29) is 29.8 Å². The minimum Gasteiger partial charge on any atom is -0.392 e. The molecule has 2 N–H and O–H groups in total. The van der Waals surface area contributed by atoms with Crippen LogP contribution in [0.5, 0.6) is 0 Å². The van der Waals surface area contributed by atoms with Crippen molar-refractivity contribution in [2.45, 2.75) is 51.3 Å². The molecule has 2 saturated heterocycles. The van der Waals surface area contributed by atoms with Gasteiger partial charge in [0.05, 0.1) is 18.8 Å². The molecule has 0 aliphatic carbocycles. The third-order valence-corrected chi connectivity index (χ3v) is 4.96. The normalized spacial score (nSPS) is 26.1. The largest absolute Gasteiger partial charge is 0.392 e. The number of methoxy groups -OCH3 is 1. The fourth-order valence-electron chi connectivity index (χ4n) is 3.68. The summed E-state index contributed by atoms with van der Waals surface area (Å²) >= 11 is 0. The van der Waals surface area contributed by atoms with E-state index in [0.29, 0.717) is 26.1 Å². The Labute approximate surface area is 144 Å². The summed E-state index contributed by atoms with van der Waals surface area (Å²) in [7, 11) is 1.60. The van der Waals surface area contributed by atoms with Crippen LogP contribution in [0.3, 0.4) is 0 Å². The fourth-order valence-corrected chi connectivity index (χ4v) is 3.68. The second-order valence-electron chi connectivity index (χ2n) is 7.10. The molecule has 0 unspecified atom stereocenters. The third-order valence-electron chi connectivity index (χ3n) is 4.96. The van der Waals surface area contributed by atoms with Gasteiger partial charge in [-0.3, -0.25) is 14.5 Å². The molecule has 2 aliphatic rings. The molecular formula is C17H31N3O4. The molecular weight excluding hydrogens is 310 g/mol. The van der Waals surface area contributed by atoms with Crippen LogP contribution < -0.4 is 5.32 Å². The number of carbonyl (C=O) groups is 2. The standard InChI is InChI=1S/C17H31N3O4/c1-12(2)17(23)19-7-4-13(5-8-19)20-11-14(21)10-15(20)16(22)18-6-9-24-3/h12-15,21H,4-11H2,1-3H3,(H,18,22)/t14-,15+/m1/s1. The summed E-state index contributed by atoms with van der Waals surface area (Å²) < 4.78 is 4.96. The van der Waals surface area contributed by atoms with Crippen molar-refractivity contribution < 1.29 is 19.4 Å². The molecule has 0 spiro atoms. The van der Waals surface area contributed by atoms with Gasteiger partial charge in [-0.25, -0.2) is 0 Å². The molecule has 0 bridgehead atoms.